The van der Waals surface area contributed by atoms with Crippen molar-refractivity contribution in [1.29, 1.82) is 0 Å². The van der Waals surface area contributed by atoms with Gasteiger partial charge in [0.1, 0.15) is 0 Å². The van der Waals surface area contributed by atoms with E-state index in [9.17, 15) is 5.11 Å². The third-order valence-electron chi connectivity index (χ3n) is 5.15. The van der Waals surface area contributed by atoms with E-state index in [4.69, 9.17) is 33.7 Å². The number of aliphatic hydroxyl groups excluding tert-OH is 1. The number of hydrogen-bond acceptors (Lipinski definition) is 3. The molecule has 2 aromatic rings. The largest absolute Gasteiger partial charge is 0.490 e. The lowest BCUT2D eigenvalue weighted by Gasteiger charge is -2.21. The SMILES string of the molecule is N[C@]1(CO)CC[C@@H](c2cc(Cl)c(OCCCc3ccccc3)c(Cl)c2)C1. The van der Waals surface area contributed by atoms with Crippen molar-refractivity contribution in [2.45, 2.75) is 43.6 Å². The molecule has 0 unspecified atom stereocenters. The maximum Gasteiger partial charge on any atom is 0.156 e. The van der Waals surface area contributed by atoms with E-state index in [0.717, 1.165) is 37.7 Å². The first-order valence-corrected chi connectivity index (χ1v) is 9.82. The van der Waals surface area contributed by atoms with Crippen LogP contribution in [0.5, 0.6) is 5.75 Å². The van der Waals surface area contributed by atoms with Gasteiger partial charge in [-0.1, -0.05) is 53.5 Å². The first kappa shape index (κ1) is 19.5. The van der Waals surface area contributed by atoms with Gasteiger partial charge in [-0.15, -0.1) is 0 Å². The van der Waals surface area contributed by atoms with Crippen molar-refractivity contribution >= 4 is 23.2 Å². The van der Waals surface area contributed by atoms with E-state index in [1.807, 2.05) is 30.3 Å². The van der Waals surface area contributed by atoms with Crippen molar-refractivity contribution in [2.75, 3.05) is 13.2 Å². The minimum absolute atomic E-state index is 0.00751. The molecular weight excluding hydrogens is 369 g/mol. The molecule has 3 rings (SSSR count). The van der Waals surface area contributed by atoms with Crippen LogP contribution >= 0.6 is 23.2 Å². The Labute approximate surface area is 165 Å². The fourth-order valence-electron chi connectivity index (χ4n) is 3.63. The summed E-state index contributed by atoms with van der Waals surface area (Å²) in [5, 5.41) is 10.5. The van der Waals surface area contributed by atoms with E-state index in [1.165, 1.54) is 5.56 Å². The highest BCUT2D eigenvalue weighted by Crippen LogP contribution is 2.43. The molecule has 0 radical (unpaired) electrons. The molecule has 0 saturated heterocycles. The van der Waals surface area contributed by atoms with Crippen LogP contribution in [0.3, 0.4) is 0 Å². The van der Waals surface area contributed by atoms with Gasteiger partial charge in [-0.05, 0) is 61.3 Å². The quantitative estimate of drug-likeness (QED) is 0.653. The van der Waals surface area contributed by atoms with Crippen LogP contribution in [0.2, 0.25) is 10.0 Å². The Bertz CT molecular complexity index is 715. The fourth-order valence-corrected chi connectivity index (χ4v) is 4.25. The Balaban J connectivity index is 1.59. The molecule has 1 aliphatic carbocycles. The maximum atomic E-state index is 9.45. The molecule has 1 fully saturated rings. The Morgan fingerprint density at radius 1 is 1.15 bits per heavy atom. The van der Waals surface area contributed by atoms with Gasteiger partial charge in [-0.3, -0.25) is 0 Å². The predicted molar refractivity (Wildman–Crippen MR) is 107 cm³/mol. The van der Waals surface area contributed by atoms with Gasteiger partial charge >= 0.3 is 0 Å². The van der Waals surface area contributed by atoms with Gasteiger partial charge < -0.3 is 15.6 Å². The van der Waals surface area contributed by atoms with E-state index in [0.29, 0.717) is 22.4 Å². The highest BCUT2D eigenvalue weighted by atomic mass is 35.5. The summed E-state index contributed by atoms with van der Waals surface area (Å²) < 4.78 is 5.84. The first-order chi connectivity index (χ1) is 12.5. The number of ether oxygens (including phenoxy) is 1. The Morgan fingerprint density at radius 3 is 2.46 bits per heavy atom. The lowest BCUT2D eigenvalue weighted by Crippen LogP contribution is -2.40. The molecule has 0 aliphatic heterocycles. The van der Waals surface area contributed by atoms with Crippen LogP contribution in [0.1, 0.15) is 42.7 Å². The van der Waals surface area contributed by atoms with Crippen molar-refractivity contribution in [3.63, 3.8) is 0 Å². The summed E-state index contributed by atoms with van der Waals surface area (Å²) in [4.78, 5) is 0. The lowest BCUT2D eigenvalue weighted by molar-refractivity contribution is 0.198. The topological polar surface area (TPSA) is 55.5 Å². The number of nitrogens with two attached hydrogens (primary N) is 1. The van der Waals surface area contributed by atoms with Crippen molar-refractivity contribution in [3.8, 4) is 5.75 Å². The van der Waals surface area contributed by atoms with Gasteiger partial charge in [0.15, 0.2) is 5.75 Å². The average Bonchev–Trinajstić information content (AvgIpc) is 3.04. The second-order valence-electron chi connectivity index (χ2n) is 7.21. The van der Waals surface area contributed by atoms with Crippen LogP contribution in [0.15, 0.2) is 42.5 Å². The average molecular weight is 394 g/mol. The number of aliphatic hydroxyl groups is 1. The second-order valence-corrected chi connectivity index (χ2v) is 8.03. The van der Waals surface area contributed by atoms with Crippen LogP contribution in [0, 0.1) is 0 Å². The van der Waals surface area contributed by atoms with Gasteiger partial charge in [0, 0.05) is 5.54 Å². The lowest BCUT2D eigenvalue weighted by atomic mass is 9.93. The molecule has 1 aliphatic rings. The summed E-state index contributed by atoms with van der Waals surface area (Å²) in [7, 11) is 0. The zero-order valence-electron chi connectivity index (χ0n) is 14.8. The van der Waals surface area contributed by atoms with Gasteiger partial charge in [0.05, 0.1) is 23.3 Å². The van der Waals surface area contributed by atoms with Crippen molar-refractivity contribution in [1.82, 2.24) is 0 Å². The molecule has 0 spiro atoms. The summed E-state index contributed by atoms with van der Waals surface area (Å²) >= 11 is 12.8. The Morgan fingerprint density at radius 2 is 1.85 bits per heavy atom. The summed E-state index contributed by atoms with van der Waals surface area (Å²) in [5.41, 5.74) is 8.05. The molecule has 0 amide bonds. The number of hydrogen-bond donors (Lipinski definition) is 2. The Hall–Kier alpha value is -1.26. The van der Waals surface area contributed by atoms with E-state index < -0.39 is 5.54 Å². The molecule has 0 heterocycles. The van der Waals surface area contributed by atoms with Crippen LogP contribution in [0.25, 0.3) is 0 Å². The molecule has 2 atom stereocenters. The van der Waals surface area contributed by atoms with E-state index >= 15 is 0 Å². The molecule has 1 saturated carbocycles. The molecule has 0 bridgehead atoms. The second kappa shape index (κ2) is 8.62. The van der Waals surface area contributed by atoms with Gasteiger partial charge in [-0.25, -0.2) is 0 Å². The van der Waals surface area contributed by atoms with Crippen LogP contribution < -0.4 is 10.5 Å². The number of benzene rings is 2. The number of halogens is 2. The molecule has 5 heteroatoms. The summed E-state index contributed by atoms with van der Waals surface area (Å²) in [5.74, 6) is 0.818. The van der Waals surface area contributed by atoms with Gasteiger partial charge in [0.25, 0.3) is 0 Å². The molecule has 3 N–H and O–H groups in total. The number of rotatable bonds is 7. The molecule has 26 heavy (non-hydrogen) atoms. The third kappa shape index (κ3) is 4.72. The molecule has 0 aromatic heterocycles. The zero-order valence-corrected chi connectivity index (χ0v) is 16.3. The Kier molecular flexibility index (Phi) is 6.46. The van der Waals surface area contributed by atoms with E-state index in [-0.39, 0.29) is 12.5 Å². The normalized spacial score (nSPS) is 22.5. The molecule has 2 aromatic carbocycles. The van der Waals surface area contributed by atoms with E-state index in [2.05, 4.69) is 12.1 Å². The third-order valence-corrected chi connectivity index (χ3v) is 5.71. The minimum atomic E-state index is -0.490. The minimum Gasteiger partial charge on any atom is -0.490 e. The highest BCUT2D eigenvalue weighted by molar-refractivity contribution is 6.37. The smallest absolute Gasteiger partial charge is 0.156 e. The first-order valence-electron chi connectivity index (χ1n) is 9.06. The van der Waals surface area contributed by atoms with Crippen molar-refractivity contribution in [2.24, 2.45) is 5.73 Å². The van der Waals surface area contributed by atoms with Gasteiger partial charge in [0.2, 0.25) is 0 Å². The van der Waals surface area contributed by atoms with Crippen molar-refractivity contribution in [3.05, 3.63) is 63.6 Å². The van der Waals surface area contributed by atoms with E-state index in [1.54, 1.807) is 0 Å². The highest BCUT2D eigenvalue weighted by Gasteiger charge is 2.36. The molecule has 3 nitrogen and oxygen atoms in total. The molecular formula is C21H25Cl2NO2. The van der Waals surface area contributed by atoms with Crippen LogP contribution in [-0.2, 0) is 6.42 Å². The zero-order chi connectivity index (χ0) is 18.6. The monoisotopic (exact) mass is 393 g/mol. The van der Waals surface area contributed by atoms with Crippen LogP contribution in [-0.4, -0.2) is 23.9 Å². The van der Waals surface area contributed by atoms with Crippen LogP contribution in [0.4, 0.5) is 0 Å². The summed E-state index contributed by atoms with van der Waals surface area (Å²) in [6.45, 7) is 0.571. The summed E-state index contributed by atoms with van der Waals surface area (Å²) in [6.07, 6.45) is 4.33. The van der Waals surface area contributed by atoms with Gasteiger partial charge in [-0.2, -0.15) is 0 Å². The summed E-state index contributed by atoms with van der Waals surface area (Å²) in [6, 6.07) is 14.2. The number of aryl methyl sites for hydroxylation is 1. The van der Waals surface area contributed by atoms with Crippen molar-refractivity contribution < 1.29 is 9.84 Å². The maximum absolute atomic E-state index is 9.45. The predicted octanol–water partition coefficient (Wildman–Crippen LogP) is 4.96. The standard InChI is InChI=1S/C21H25Cl2NO2/c22-18-11-17(16-8-9-21(24,13-16)14-25)12-19(23)20(18)26-10-4-7-15-5-2-1-3-6-15/h1-3,5-6,11-12,16,25H,4,7-10,13-14,24H2/t16-,21-/m1/s1. The fraction of sp³-hybridized carbons (Fsp3) is 0.429. The molecule has 140 valence electrons.